The first-order chi connectivity index (χ1) is 20.1. The molecule has 1 amide bonds. The van der Waals surface area contributed by atoms with Gasteiger partial charge in [0.05, 0.1) is 11.8 Å². The summed E-state index contributed by atoms with van der Waals surface area (Å²) < 4.78 is 49.7. The molecule has 0 atom stereocenters. The van der Waals surface area contributed by atoms with Crippen LogP contribution < -0.4 is 15.0 Å². The minimum absolute atomic E-state index is 0.105. The molecule has 3 fully saturated rings. The van der Waals surface area contributed by atoms with Gasteiger partial charge in [-0.2, -0.15) is 5.10 Å². The van der Waals surface area contributed by atoms with Crippen LogP contribution in [-0.2, 0) is 16.1 Å². The Labute approximate surface area is 241 Å². The molecular weight excluding hydrogens is 553 g/mol. The molecule has 1 spiro atoms. The molecule has 224 valence electrons. The summed E-state index contributed by atoms with van der Waals surface area (Å²) in [6.45, 7) is 6.98. The Hall–Kier alpha value is -3.94. The highest BCUT2D eigenvalue weighted by atomic mass is 19.4. The van der Waals surface area contributed by atoms with Crippen molar-refractivity contribution in [2.75, 3.05) is 49.6 Å². The lowest BCUT2D eigenvalue weighted by molar-refractivity contribution is -0.274. The minimum atomic E-state index is -4.81. The number of nitrogens with zero attached hydrogens (tertiary/aromatic N) is 7. The molecule has 0 saturated carbocycles. The summed E-state index contributed by atoms with van der Waals surface area (Å²) in [5.41, 5.74) is 0.864. The molecule has 3 aliphatic heterocycles. The second kappa shape index (κ2) is 11.4. The largest absolute Gasteiger partial charge is 0.573 e. The number of rotatable bonds is 7. The highest BCUT2D eigenvalue weighted by Crippen LogP contribution is 2.43. The number of hydrogen-bond donors (Lipinski definition) is 1. The second-order valence-corrected chi connectivity index (χ2v) is 11.4. The van der Waals surface area contributed by atoms with Gasteiger partial charge in [0, 0.05) is 82.8 Å². The molecule has 0 radical (unpaired) electrons. The first kappa shape index (κ1) is 28.2. The normalized spacial score (nSPS) is 19.0. The number of aromatic nitrogens is 5. The lowest BCUT2D eigenvalue weighted by atomic mass is 9.72. The van der Waals surface area contributed by atoms with Crippen molar-refractivity contribution in [2.24, 2.45) is 11.3 Å². The highest BCUT2D eigenvalue weighted by molar-refractivity contribution is 5.73. The number of ether oxygens (including phenoxy) is 2. The Morgan fingerprint density at radius 1 is 1.14 bits per heavy atom. The second-order valence-electron chi connectivity index (χ2n) is 11.4. The van der Waals surface area contributed by atoms with E-state index in [0.717, 1.165) is 83.3 Å². The number of halogens is 3. The van der Waals surface area contributed by atoms with Gasteiger partial charge < -0.3 is 24.6 Å². The van der Waals surface area contributed by atoms with Crippen molar-refractivity contribution in [3.8, 4) is 17.1 Å². The topological polar surface area (TPSA) is 111 Å². The van der Waals surface area contributed by atoms with E-state index in [4.69, 9.17) is 9.72 Å². The Morgan fingerprint density at radius 2 is 1.90 bits per heavy atom. The van der Waals surface area contributed by atoms with Crippen molar-refractivity contribution in [3.63, 3.8) is 0 Å². The van der Waals surface area contributed by atoms with Crippen molar-refractivity contribution >= 4 is 23.4 Å². The van der Waals surface area contributed by atoms with Crippen molar-refractivity contribution in [2.45, 2.75) is 45.5 Å². The van der Waals surface area contributed by atoms with Crippen molar-refractivity contribution < 1.29 is 27.4 Å². The van der Waals surface area contributed by atoms with E-state index < -0.39 is 6.36 Å². The molecule has 0 aromatic carbocycles. The van der Waals surface area contributed by atoms with Crippen LogP contribution in [0.2, 0.25) is 0 Å². The van der Waals surface area contributed by atoms with Gasteiger partial charge in [0.1, 0.15) is 23.2 Å². The number of nitrogens with one attached hydrogen (secondary N) is 1. The van der Waals surface area contributed by atoms with Crippen LogP contribution in [0.25, 0.3) is 11.4 Å². The fourth-order valence-electron chi connectivity index (χ4n) is 5.91. The van der Waals surface area contributed by atoms with E-state index in [0.29, 0.717) is 23.4 Å². The molecular formula is C28H33F3N8O3. The van der Waals surface area contributed by atoms with Gasteiger partial charge in [-0.3, -0.25) is 9.48 Å². The molecule has 6 rings (SSSR count). The monoisotopic (exact) mass is 586 g/mol. The smallest absolute Gasteiger partial charge is 0.406 e. The SMILES string of the molecule is CC(=O)N1CCC2(CC1)CN(c1cc(Nc3cc(OC(F)(F)F)ccn3)nc(-c3cnn(CC4CCOCC4)c3)n1)C2. The number of likely N-dealkylation sites (tertiary alicyclic amines) is 1. The van der Waals surface area contributed by atoms with Crippen molar-refractivity contribution in [1.82, 2.24) is 29.6 Å². The molecule has 3 aliphatic rings. The molecule has 0 unspecified atom stereocenters. The average molecular weight is 587 g/mol. The van der Waals surface area contributed by atoms with E-state index in [1.165, 1.54) is 12.3 Å². The Balaban J connectivity index is 1.23. The minimum Gasteiger partial charge on any atom is -0.406 e. The number of carbonyl (C=O) groups is 1. The molecule has 3 saturated heterocycles. The van der Waals surface area contributed by atoms with Crippen LogP contribution in [0.5, 0.6) is 5.75 Å². The van der Waals surface area contributed by atoms with E-state index in [-0.39, 0.29) is 22.9 Å². The molecule has 0 bridgehead atoms. The zero-order valence-corrected chi connectivity index (χ0v) is 23.3. The van der Waals surface area contributed by atoms with Crippen molar-refractivity contribution in [3.05, 3.63) is 36.8 Å². The van der Waals surface area contributed by atoms with Crippen LogP contribution in [0.15, 0.2) is 36.8 Å². The maximum Gasteiger partial charge on any atom is 0.573 e. The van der Waals surface area contributed by atoms with E-state index in [1.807, 2.05) is 15.8 Å². The summed E-state index contributed by atoms with van der Waals surface area (Å²) in [6.07, 6.45) is 3.91. The summed E-state index contributed by atoms with van der Waals surface area (Å²) in [7, 11) is 0. The van der Waals surface area contributed by atoms with Gasteiger partial charge in [-0.15, -0.1) is 13.2 Å². The van der Waals surface area contributed by atoms with E-state index >= 15 is 0 Å². The number of carbonyl (C=O) groups excluding carboxylic acids is 1. The maximum absolute atomic E-state index is 12.8. The van der Waals surface area contributed by atoms with Crippen LogP contribution >= 0.6 is 0 Å². The summed E-state index contributed by atoms with van der Waals surface area (Å²) in [6, 6.07) is 4.08. The number of piperidine rings is 1. The third-order valence-corrected chi connectivity index (χ3v) is 8.26. The number of pyridine rings is 1. The molecule has 3 aromatic rings. The number of hydrogen-bond acceptors (Lipinski definition) is 9. The van der Waals surface area contributed by atoms with E-state index in [1.54, 1.807) is 19.2 Å². The van der Waals surface area contributed by atoms with Crippen LogP contribution in [0.4, 0.5) is 30.6 Å². The summed E-state index contributed by atoms with van der Waals surface area (Å²) in [5.74, 6) is 1.89. The molecule has 1 N–H and O–H groups in total. The quantitative estimate of drug-likeness (QED) is 0.434. The van der Waals surface area contributed by atoms with Gasteiger partial charge in [-0.25, -0.2) is 15.0 Å². The van der Waals surface area contributed by atoms with Crippen LogP contribution in [0.3, 0.4) is 0 Å². The van der Waals surface area contributed by atoms with Crippen LogP contribution in [0.1, 0.15) is 32.6 Å². The number of anilines is 3. The van der Waals surface area contributed by atoms with Gasteiger partial charge >= 0.3 is 6.36 Å². The van der Waals surface area contributed by atoms with E-state index in [9.17, 15) is 18.0 Å². The van der Waals surface area contributed by atoms with Gasteiger partial charge in [-0.05, 0) is 37.7 Å². The van der Waals surface area contributed by atoms with Gasteiger partial charge in [-0.1, -0.05) is 0 Å². The lowest BCUT2D eigenvalue weighted by Gasteiger charge is -2.54. The zero-order valence-electron chi connectivity index (χ0n) is 23.3. The van der Waals surface area contributed by atoms with E-state index in [2.05, 4.69) is 30.0 Å². The standard InChI is InChI=1S/C28H33F3N8O3/c1-19(40)37-8-5-27(6-9-37)17-38(18-27)25-13-24(34-23-12-22(2-7-32-23)42-28(29,30)31)35-26(36-25)21-14-33-39(16-21)15-20-3-10-41-11-4-20/h2,7,12-14,16,20H,3-6,8-11,15,17-18H2,1H3,(H,32,34,35,36). The summed E-state index contributed by atoms with van der Waals surface area (Å²) >= 11 is 0. The first-order valence-corrected chi connectivity index (χ1v) is 14.1. The van der Waals surface area contributed by atoms with Crippen LogP contribution in [0, 0.1) is 11.3 Å². The fraction of sp³-hybridized carbons (Fsp3) is 0.536. The number of alkyl halides is 3. The Bertz CT molecular complexity index is 1410. The molecule has 3 aromatic heterocycles. The van der Waals surface area contributed by atoms with Gasteiger partial charge in [0.25, 0.3) is 0 Å². The molecule has 11 nitrogen and oxygen atoms in total. The molecule has 0 aliphatic carbocycles. The zero-order chi connectivity index (χ0) is 29.3. The van der Waals surface area contributed by atoms with Gasteiger partial charge in [0.2, 0.25) is 5.91 Å². The third-order valence-electron chi connectivity index (χ3n) is 8.26. The predicted molar refractivity (Wildman–Crippen MR) is 147 cm³/mol. The van der Waals surface area contributed by atoms with Gasteiger partial charge in [0.15, 0.2) is 5.82 Å². The summed E-state index contributed by atoms with van der Waals surface area (Å²) in [5, 5.41) is 7.56. The molecule has 14 heteroatoms. The number of amides is 1. The fourth-order valence-corrected chi connectivity index (χ4v) is 5.91. The first-order valence-electron chi connectivity index (χ1n) is 14.1. The molecule has 42 heavy (non-hydrogen) atoms. The maximum atomic E-state index is 12.8. The van der Waals surface area contributed by atoms with Crippen LogP contribution in [-0.4, -0.2) is 81.3 Å². The highest BCUT2D eigenvalue weighted by Gasteiger charge is 2.46. The predicted octanol–water partition coefficient (Wildman–Crippen LogP) is 4.25. The Morgan fingerprint density at radius 3 is 2.62 bits per heavy atom. The Kier molecular flexibility index (Phi) is 7.64. The third kappa shape index (κ3) is 6.58. The van der Waals surface area contributed by atoms with Crippen molar-refractivity contribution in [1.29, 1.82) is 0 Å². The average Bonchev–Trinajstić information content (AvgIpc) is 3.40. The molecule has 6 heterocycles. The summed E-state index contributed by atoms with van der Waals surface area (Å²) in [4.78, 5) is 29.5. The lowest BCUT2D eigenvalue weighted by Crippen LogP contribution is -2.61.